The first-order valence-electron chi connectivity index (χ1n) is 33.6. The number of esters is 1. The lowest BCUT2D eigenvalue weighted by Crippen LogP contribution is -2.45. The second kappa shape index (κ2) is 63.9. The van der Waals surface area contributed by atoms with Crippen LogP contribution in [0.15, 0.2) is 24.3 Å². The smallest absolute Gasteiger partial charge is 0.330 e. The lowest BCUT2D eigenvalue weighted by atomic mass is 10.0. The van der Waals surface area contributed by atoms with Crippen molar-refractivity contribution < 1.29 is 24.5 Å². The first-order chi connectivity index (χ1) is 36.5. The summed E-state index contributed by atoms with van der Waals surface area (Å²) in [6.07, 6.45) is 79.8. The number of carbonyl (C=O) groups excluding carboxylic acids is 2. The normalized spacial score (nSPS) is 12.6. The monoisotopic (exact) mass is 1040 g/mol. The van der Waals surface area contributed by atoms with Crippen LogP contribution in [0.1, 0.15) is 373 Å². The van der Waals surface area contributed by atoms with Gasteiger partial charge < -0.3 is 20.3 Å². The van der Waals surface area contributed by atoms with Crippen molar-refractivity contribution >= 4 is 11.9 Å². The van der Waals surface area contributed by atoms with Crippen molar-refractivity contribution in [2.75, 3.05) is 13.2 Å². The molecule has 0 rings (SSSR count). The van der Waals surface area contributed by atoms with E-state index in [9.17, 15) is 19.8 Å². The van der Waals surface area contributed by atoms with Crippen molar-refractivity contribution in [3.8, 4) is 0 Å². The molecule has 0 aliphatic rings. The number of amides is 1. The van der Waals surface area contributed by atoms with Gasteiger partial charge in [-0.2, -0.15) is 0 Å². The van der Waals surface area contributed by atoms with Gasteiger partial charge in [-0.25, -0.2) is 4.79 Å². The molecule has 6 nitrogen and oxygen atoms in total. The van der Waals surface area contributed by atoms with Gasteiger partial charge in [0.25, 0.3) is 0 Å². The van der Waals surface area contributed by atoms with Gasteiger partial charge in [0, 0.05) is 12.5 Å². The van der Waals surface area contributed by atoms with Crippen LogP contribution in [0.5, 0.6) is 0 Å². The Kier molecular flexibility index (Phi) is 62.4. The third kappa shape index (κ3) is 59.6. The van der Waals surface area contributed by atoms with Crippen molar-refractivity contribution in [1.29, 1.82) is 0 Å². The molecule has 0 aromatic heterocycles. The Bertz CT molecular complexity index is 1150. The third-order valence-corrected chi connectivity index (χ3v) is 15.9. The van der Waals surface area contributed by atoms with Crippen LogP contribution < -0.4 is 5.32 Å². The second-order valence-corrected chi connectivity index (χ2v) is 23.2. The minimum atomic E-state index is -0.661. The highest BCUT2D eigenvalue weighted by Gasteiger charge is 2.20. The van der Waals surface area contributed by atoms with Gasteiger partial charge in [0.15, 0.2) is 0 Å². The van der Waals surface area contributed by atoms with Crippen molar-refractivity contribution in [3.05, 3.63) is 24.3 Å². The van der Waals surface area contributed by atoms with Crippen LogP contribution in [0.3, 0.4) is 0 Å². The van der Waals surface area contributed by atoms with E-state index in [1.54, 1.807) is 6.08 Å². The van der Waals surface area contributed by atoms with Crippen LogP contribution in [0.4, 0.5) is 0 Å². The average molecular weight is 1040 g/mol. The maximum Gasteiger partial charge on any atom is 0.330 e. The molecule has 6 heteroatoms. The van der Waals surface area contributed by atoms with Gasteiger partial charge in [0.1, 0.15) is 0 Å². The van der Waals surface area contributed by atoms with Crippen molar-refractivity contribution in [2.24, 2.45) is 0 Å². The van der Waals surface area contributed by atoms with Gasteiger partial charge >= 0.3 is 5.97 Å². The fraction of sp³-hybridized carbons (Fsp3) is 0.912. The summed E-state index contributed by atoms with van der Waals surface area (Å²) in [7, 11) is 0. The SMILES string of the molecule is CCCCCCCCCCCCCC=CC=CC(=O)OCCCCCCCCCCCCCCCCCCCCCCCCCCCCCCCC(=O)N[C@@H](CO)[C@H](O)CCCCCCCCCCCCCCC. The Hall–Kier alpha value is -1.66. The summed E-state index contributed by atoms with van der Waals surface area (Å²) in [4.78, 5) is 24.4. The highest BCUT2D eigenvalue weighted by atomic mass is 16.5. The summed E-state index contributed by atoms with van der Waals surface area (Å²) in [5, 5.41) is 23.3. The van der Waals surface area contributed by atoms with Crippen LogP contribution in [0, 0.1) is 0 Å². The molecule has 0 heterocycles. The molecule has 0 radical (unpaired) electrons. The Morgan fingerprint density at radius 3 is 1.03 bits per heavy atom. The van der Waals surface area contributed by atoms with E-state index in [1.807, 2.05) is 12.2 Å². The highest BCUT2D eigenvalue weighted by molar-refractivity contribution is 5.82. The predicted molar refractivity (Wildman–Crippen MR) is 324 cm³/mol. The van der Waals surface area contributed by atoms with E-state index in [0.717, 1.165) is 44.9 Å². The molecule has 438 valence electrons. The molecule has 3 N–H and O–H groups in total. The van der Waals surface area contributed by atoms with Crippen molar-refractivity contribution in [1.82, 2.24) is 5.32 Å². The molecule has 0 aromatic carbocycles. The number of hydrogen-bond donors (Lipinski definition) is 3. The molecule has 0 spiro atoms. The zero-order chi connectivity index (χ0) is 53.6. The van der Waals surface area contributed by atoms with E-state index in [0.29, 0.717) is 19.4 Å². The average Bonchev–Trinajstić information content (AvgIpc) is 3.40. The summed E-state index contributed by atoms with van der Waals surface area (Å²) in [6.45, 7) is 4.91. The van der Waals surface area contributed by atoms with E-state index < -0.39 is 12.1 Å². The van der Waals surface area contributed by atoms with Gasteiger partial charge in [-0.1, -0.05) is 353 Å². The summed E-state index contributed by atoms with van der Waals surface area (Å²) in [5.74, 6) is -0.239. The standard InChI is InChI=1S/C68H131NO5/c1-3-5-7-9-11-13-15-17-33-38-42-46-50-54-58-62-68(73)74-63-59-55-51-47-43-39-35-32-30-28-26-24-22-20-18-19-21-23-25-27-29-31-34-37-41-45-49-53-57-61-67(72)69-65(64-70)66(71)60-56-52-48-44-40-36-16-14-12-10-8-6-4-2/h50,54,58,62,65-66,70-71H,3-49,51-53,55-57,59-61,63-64H2,1-2H3,(H,69,72)/t65-,66+/m0/s1. The number of unbranched alkanes of at least 4 members (excludes halogenated alkanes) is 51. The zero-order valence-corrected chi connectivity index (χ0v) is 50.1. The van der Waals surface area contributed by atoms with Gasteiger partial charge in [0.2, 0.25) is 5.91 Å². The number of aliphatic hydroxyl groups is 2. The number of carbonyl (C=O) groups is 2. The summed E-state index contributed by atoms with van der Waals surface area (Å²) in [6, 6.07) is -0.538. The number of ether oxygens (including phenoxy) is 1. The van der Waals surface area contributed by atoms with E-state index in [1.165, 1.54) is 302 Å². The molecule has 0 aromatic rings. The maximum atomic E-state index is 12.5. The van der Waals surface area contributed by atoms with Gasteiger partial charge in [-0.3, -0.25) is 4.79 Å². The predicted octanol–water partition coefficient (Wildman–Crippen LogP) is 21.4. The van der Waals surface area contributed by atoms with Crippen LogP contribution >= 0.6 is 0 Å². The minimum absolute atomic E-state index is 0.0302. The fourth-order valence-electron chi connectivity index (χ4n) is 10.7. The molecule has 0 fully saturated rings. The Morgan fingerprint density at radius 1 is 0.392 bits per heavy atom. The second-order valence-electron chi connectivity index (χ2n) is 23.2. The molecule has 2 atom stereocenters. The first kappa shape index (κ1) is 72.3. The molecule has 74 heavy (non-hydrogen) atoms. The molecule has 0 saturated carbocycles. The summed E-state index contributed by atoms with van der Waals surface area (Å²) < 4.78 is 5.38. The highest BCUT2D eigenvalue weighted by Crippen LogP contribution is 2.19. The van der Waals surface area contributed by atoms with E-state index in [-0.39, 0.29) is 18.5 Å². The topological polar surface area (TPSA) is 95.9 Å². The fourth-order valence-corrected chi connectivity index (χ4v) is 10.7. The van der Waals surface area contributed by atoms with Gasteiger partial charge in [-0.05, 0) is 32.1 Å². The number of hydrogen-bond acceptors (Lipinski definition) is 5. The molecule has 1 amide bonds. The zero-order valence-electron chi connectivity index (χ0n) is 50.1. The number of nitrogens with one attached hydrogen (secondary N) is 1. The molecule has 0 aliphatic heterocycles. The summed E-state index contributed by atoms with van der Waals surface area (Å²) >= 11 is 0. The van der Waals surface area contributed by atoms with Crippen LogP contribution in [0.25, 0.3) is 0 Å². The van der Waals surface area contributed by atoms with E-state index >= 15 is 0 Å². The number of aliphatic hydroxyl groups excluding tert-OH is 2. The largest absolute Gasteiger partial charge is 0.463 e. The molecule has 0 unspecified atom stereocenters. The first-order valence-corrected chi connectivity index (χ1v) is 33.6. The molecule has 0 saturated heterocycles. The van der Waals surface area contributed by atoms with Crippen LogP contribution in [-0.4, -0.2) is 47.4 Å². The Balaban J connectivity index is 3.34. The molecular formula is C68H131NO5. The van der Waals surface area contributed by atoms with Crippen molar-refractivity contribution in [2.45, 2.75) is 386 Å². The maximum absolute atomic E-state index is 12.5. The molecule has 0 bridgehead atoms. The number of allylic oxidation sites excluding steroid dienone is 3. The van der Waals surface area contributed by atoms with Gasteiger partial charge in [-0.15, -0.1) is 0 Å². The van der Waals surface area contributed by atoms with Gasteiger partial charge in [0.05, 0.1) is 25.4 Å². The molecular weight excluding hydrogens is 911 g/mol. The van der Waals surface area contributed by atoms with Crippen LogP contribution in [0.2, 0.25) is 0 Å². The summed E-state index contributed by atoms with van der Waals surface area (Å²) in [5.41, 5.74) is 0. The Morgan fingerprint density at radius 2 is 0.689 bits per heavy atom. The van der Waals surface area contributed by atoms with Crippen molar-refractivity contribution in [3.63, 3.8) is 0 Å². The quantitative estimate of drug-likeness (QED) is 0.0244. The third-order valence-electron chi connectivity index (χ3n) is 15.9. The van der Waals surface area contributed by atoms with Crippen LogP contribution in [-0.2, 0) is 14.3 Å². The Labute approximate surface area is 462 Å². The van der Waals surface area contributed by atoms with E-state index in [4.69, 9.17) is 4.74 Å². The minimum Gasteiger partial charge on any atom is -0.463 e. The van der Waals surface area contributed by atoms with E-state index in [2.05, 4.69) is 25.2 Å². The lowest BCUT2D eigenvalue weighted by molar-refractivity contribution is -0.137. The lowest BCUT2D eigenvalue weighted by Gasteiger charge is -2.22. The number of rotatable bonds is 63. The molecule has 0 aliphatic carbocycles.